The van der Waals surface area contributed by atoms with Crippen LogP contribution < -0.4 is 0 Å². The van der Waals surface area contributed by atoms with Crippen LogP contribution >= 0.6 is 0 Å². The number of esters is 1. The van der Waals surface area contributed by atoms with Gasteiger partial charge in [-0.15, -0.1) is 0 Å². The monoisotopic (exact) mass is 276 g/mol. The van der Waals surface area contributed by atoms with E-state index in [4.69, 9.17) is 9.47 Å². The second-order valence-electron chi connectivity index (χ2n) is 6.65. The Morgan fingerprint density at radius 3 is 2.60 bits per heavy atom. The third kappa shape index (κ3) is 2.38. The highest BCUT2D eigenvalue weighted by molar-refractivity contribution is 5.81. The minimum atomic E-state index is -0.290. The van der Waals surface area contributed by atoms with E-state index in [9.17, 15) is 4.79 Å². The molecule has 6 unspecified atom stereocenters. The van der Waals surface area contributed by atoms with Crippen LogP contribution in [0.15, 0.2) is 25.5 Å². The molecule has 0 spiro atoms. The van der Waals surface area contributed by atoms with Crippen molar-refractivity contribution in [2.75, 3.05) is 13.2 Å². The highest BCUT2D eigenvalue weighted by atomic mass is 16.5. The van der Waals surface area contributed by atoms with E-state index in [0.29, 0.717) is 18.4 Å². The summed E-state index contributed by atoms with van der Waals surface area (Å²) >= 11 is 0. The maximum atomic E-state index is 11.2. The molecule has 3 nitrogen and oxygen atoms in total. The Kier molecular flexibility index (Phi) is 3.86. The van der Waals surface area contributed by atoms with Gasteiger partial charge in [-0.3, -0.25) is 0 Å². The Morgan fingerprint density at radius 1 is 1.05 bits per heavy atom. The van der Waals surface area contributed by atoms with Crippen LogP contribution in [0.1, 0.15) is 25.7 Å². The third-order valence-electron chi connectivity index (χ3n) is 5.76. The smallest absolute Gasteiger partial charge is 0.330 e. The summed E-state index contributed by atoms with van der Waals surface area (Å²) in [5.41, 5.74) is 0. The van der Waals surface area contributed by atoms with E-state index in [1.165, 1.54) is 31.8 Å². The van der Waals surface area contributed by atoms with E-state index in [2.05, 4.69) is 13.2 Å². The summed E-state index contributed by atoms with van der Waals surface area (Å²) in [5.74, 6) is 4.38. The van der Waals surface area contributed by atoms with Gasteiger partial charge in [-0.25, -0.2) is 4.79 Å². The lowest BCUT2D eigenvalue weighted by Crippen LogP contribution is -2.26. The van der Waals surface area contributed by atoms with E-state index in [-0.39, 0.29) is 5.97 Å². The number of hydrogen-bond acceptors (Lipinski definition) is 3. The Bertz CT molecular complexity index is 403. The summed E-state index contributed by atoms with van der Waals surface area (Å²) in [6, 6.07) is 0. The topological polar surface area (TPSA) is 35.5 Å². The molecule has 0 N–H and O–H groups in total. The number of carbonyl (C=O) groups excluding carboxylic acids is 1. The minimum absolute atomic E-state index is 0.290. The fourth-order valence-corrected chi connectivity index (χ4v) is 5.10. The van der Waals surface area contributed by atoms with Gasteiger partial charge in [-0.05, 0) is 61.2 Å². The summed E-state index contributed by atoms with van der Waals surface area (Å²) in [6.07, 6.45) is 7.99. The van der Waals surface area contributed by atoms with Crippen LogP contribution in [0, 0.1) is 35.5 Å². The van der Waals surface area contributed by atoms with Crippen molar-refractivity contribution >= 4 is 5.97 Å². The molecule has 3 saturated carbocycles. The molecule has 3 heteroatoms. The van der Waals surface area contributed by atoms with Crippen molar-refractivity contribution in [3.8, 4) is 0 Å². The maximum absolute atomic E-state index is 11.2. The molecule has 0 aliphatic heterocycles. The van der Waals surface area contributed by atoms with Crippen molar-refractivity contribution in [1.29, 1.82) is 0 Å². The van der Waals surface area contributed by atoms with Gasteiger partial charge >= 0.3 is 5.97 Å². The number of rotatable bonds is 6. The average molecular weight is 276 g/mol. The van der Waals surface area contributed by atoms with Crippen LogP contribution in [0.2, 0.25) is 0 Å². The zero-order chi connectivity index (χ0) is 14.1. The molecule has 3 aliphatic carbocycles. The SMILES string of the molecule is C=COCC1CC2CC1C1CC(COC(=O)C=C)CC21. The first-order chi connectivity index (χ1) is 9.72. The number of fused-ring (bicyclic) bond motifs is 5. The summed E-state index contributed by atoms with van der Waals surface area (Å²) < 4.78 is 10.7. The fraction of sp³-hybridized carbons (Fsp3) is 0.706. The average Bonchev–Trinajstić information content (AvgIpc) is 3.12. The lowest BCUT2D eigenvalue weighted by Gasteiger charge is -2.30. The molecular formula is C17H24O3. The Labute approximate surface area is 121 Å². The van der Waals surface area contributed by atoms with Gasteiger partial charge in [0.15, 0.2) is 0 Å². The largest absolute Gasteiger partial charge is 0.502 e. The van der Waals surface area contributed by atoms with Crippen molar-refractivity contribution in [2.24, 2.45) is 35.5 Å². The van der Waals surface area contributed by atoms with Gasteiger partial charge in [0.1, 0.15) is 0 Å². The Balaban J connectivity index is 1.53. The minimum Gasteiger partial charge on any atom is -0.502 e. The maximum Gasteiger partial charge on any atom is 0.330 e. The summed E-state index contributed by atoms with van der Waals surface area (Å²) in [6.45, 7) is 8.48. The molecule has 3 fully saturated rings. The quantitative estimate of drug-likeness (QED) is 0.424. The van der Waals surface area contributed by atoms with Crippen LogP contribution in [-0.4, -0.2) is 19.2 Å². The predicted molar refractivity (Wildman–Crippen MR) is 76.7 cm³/mol. The predicted octanol–water partition coefficient (Wildman–Crippen LogP) is 3.17. The van der Waals surface area contributed by atoms with Gasteiger partial charge in [0.05, 0.1) is 19.5 Å². The van der Waals surface area contributed by atoms with Gasteiger partial charge in [-0.1, -0.05) is 13.2 Å². The zero-order valence-electron chi connectivity index (χ0n) is 12.0. The molecule has 0 aromatic heterocycles. The third-order valence-corrected chi connectivity index (χ3v) is 5.76. The lowest BCUT2D eigenvalue weighted by molar-refractivity contribution is -0.139. The van der Waals surface area contributed by atoms with Gasteiger partial charge in [0.25, 0.3) is 0 Å². The summed E-state index contributed by atoms with van der Waals surface area (Å²) in [4.78, 5) is 11.2. The van der Waals surface area contributed by atoms with E-state index in [1.807, 2.05) is 0 Å². The first-order valence-electron chi connectivity index (χ1n) is 7.74. The molecule has 3 aliphatic rings. The molecule has 20 heavy (non-hydrogen) atoms. The van der Waals surface area contributed by atoms with Crippen molar-refractivity contribution in [1.82, 2.24) is 0 Å². The zero-order valence-corrected chi connectivity index (χ0v) is 12.0. The van der Waals surface area contributed by atoms with E-state index < -0.39 is 0 Å². The van der Waals surface area contributed by atoms with Gasteiger partial charge in [-0.2, -0.15) is 0 Å². The molecule has 0 radical (unpaired) electrons. The molecule has 3 rings (SSSR count). The second kappa shape index (κ2) is 5.63. The van der Waals surface area contributed by atoms with E-state index in [0.717, 1.165) is 30.3 Å². The van der Waals surface area contributed by atoms with Gasteiger partial charge < -0.3 is 9.47 Å². The Morgan fingerprint density at radius 2 is 1.85 bits per heavy atom. The molecule has 2 bridgehead atoms. The van der Waals surface area contributed by atoms with Crippen LogP contribution in [0.4, 0.5) is 0 Å². The van der Waals surface area contributed by atoms with Gasteiger partial charge in [0.2, 0.25) is 0 Å². The van der Waals surface area contributed by atoms with Crippen LogP contribution in [0.5, 0.6) is 0 Å². The summed E-state index contributed by atoms with van der Waals surface area (Å²) in [5, 5.41) is 0. The molecule has 0 amide bonds. The molecule has 0 aromatic carbocycles. The second-order valence-corrected chi connectivity index (χ2v) is 6.65. The van der Waals surface area contributed by atoms with Crippen LogP contribution in [-0.2, 0) is 14.3 Å². The first-order valence-corrected chi connectivity index (χ1v) is 7.74. The van der Waals surface area contributed by atoms with E-state index in [1.54, 1.807) is 6.26 Å². The number of hydrogen-bond donors (Lipinski definition) is 0. The molecular weight excluding hydrogens is 252 g/mol. The first kappa shape index (κ1) is 13.7. The van der Waals surface area contributed by atoms with Crippen LogP contribution in [0.3, 0.4) is 0 Å². The molecule has 0 heterocycles. The van der Waals surface area contributed by atoms with Crippen molar-refractivity contribution in [2.45, 2.75) is 25.7 Å². The molecule has 0 saturated heterocycles. The highest BCUT2D eigenvalue weighted by Gasteiger charge is 2.55. The highest BCUT2D eigenvalue weighted by Crippen LogP contribution is 2.62. The number of carbonyl (C=O) groups is 1. The van der Waals surface area contributed by atoms with E-state index >= 15 is 0 Å². The number of ether oxygens (including phenoxy) is 2. The molecule has 110 valence electrons. The van der Waals surface area contributed by atoms with Crippen molar-refractivity contribution in [3.63, 3.8) is 0 Å². The van der Waals surface area contributed by atoms with Crippen molar-refractivity contribution in [3.05, 3.63) is 25.5 Å². The molecule has 0 aromatic rings. The van der Waals surface area contributed by atoms with Crippen molar-refractivity contribution < 1.29 is 14.3 Å². The standard InChI is InChI=1S/C17H24O3/c1-3-17(18)20-9-11-5-14-12-7-13(10-19-4-2)15(8-12)16(14)6-11/h3-4,11-16H,1-2,5-10H2. The lowest BCUT2D eigenvalue weighted by atomic mass is 9.76. The van der Waals surface area contributed by atoms with Crippen LogP contribution in [0.25, 0.3) is 0 Å². The summed E-state index contributed by atoms with van der Waals surface area (Å²) in [7, 11) is 0. The normalized spacial score (nSPS) is 41.2. The van der Waals surface area contributed by atoms with Gasteiger partial charge in [0, 0.05) is 6.08 Å². The Hall–Kier alpha value is -1.25. The molecule has 6 atom stereocenters. The fourth-order valence-electron chi connectivity index (χ4n) is 5.10.